The van der Waals surface area contributed by atoms with Crippen LogP contribution >= 0.6 is 21.6 Å². The third-order valence-electron chi connectivity index (χ3n) is 1.73. The molecule has 1 N–H and O–H groups in total. The molecular formula is C9H9F3OS2. The average Bonchev–Trinajstić information content (AvgIpc) is 2.19. The lowest BCUT2D eigenvalue weighted by Crippen LogP contribution is -2.28. The van der Waals surface area contributed by atoms with Crippen molar-refractivity contribution in [2.24, 2.45) is 0 Å². The first-order valence-corrected chi connectivity index (χ1v) is 6.55. The Morgan fingerprint density at radius 1 is 1.27 bits per heavy atom. The van der Waals surface area contributed by atoms with E-state index < -0.39 is 17.8 Å². The van der Waals surface area contributed by atoms with Crippen molar-refractivity contribution in [1.82, 2.24) is 0 Å². The Morgan fingerprint density at radius 3 is 2.20 bits per heavy atom. The predicted molar refractivity (Wildman–Crippen MR) is 56.8 cm³/mol. The third kappa shape index (κ3) is 3.06. The molecule has 6 heteroatoms. The smallest absolute Gasteiger partial charge is 0.300 e. The molecule has 0 fully saturated rings. The lowest BCUT2D eigenvalue weighted by Gasteiger charge is -2.18. The quantitative estimate of drug-likeness (QED) is 0.831. The van der Waals surface area contributed by atoms with Gasteiger partial charge in [0.25, 0.3) is 5.85 Å². The van der Waals surface area contributed by atoms with Crippen molar-refractivity contribution in [3.05, 3.63) is 29.8 Å². The van der Waals surface area contributed by atoms with Crippen molar-refractivity contribution in [3.8, 4) is 0 Å². The minimum absolute atomic E-state index is 0.428. The summed E-state index contributed by atoms with van der Waals surface area (Å²) in [6.07, 6.45) is -1.58. The van der Waals surface area contributed by atoms with Gasteiger partial charge in [0.15, 0.2) is 0 Å². The van der Waals surface area contributed by atoms with E-state index in [1.807, 2.05) is 6.26 Å². The molecule has 0 heterocycles. The summed E-state index contributed by atoms with van der Waals surface area (Å²) in [5.74, 6) is -3.57. The highest BCUT2D eigenvalue weighted by atomic mass is 33.1. The molecule has 0 aliphatic rings. The number of hydrogen-bond acceptors (Lipinski definition) is 3. The van der Waals surface area contributed by atoms with Gasteiger partial charge in [-0.2, -0.15) is 0 Å². The molecule has 0 saturated heterocycles. The first kappa shape index (κ1) is 12.7. The van der Waals surface area contributed by atoms with E-state index in [0.29, 0.717) is 0 Å². The molecule has 1 aromatic rings. The fourth-order valence-electron chi connectivity index (χ4n) is 0.966. The van der Waals surface area contributed by atoms with E-state index in [9.17, 15) is 13.2 Å². The molecule has 0 aliphatic carbocycles. The zero-order valence-corrected chi connectivity index (χ0v) is 9.42. The number of halogens is 3. The summed E-state index contributed by atoms with van der Waals surface area (Å²) in [7, 11) is 2.91. The summed E-state index contributed by atoms with van der Waals surface area (Å²) in [5.41, 5.74) is -0.428. The molecule has 1 atom stereocenters. The SMILES string of the molecule is CSSc1ccc(C(O)(F)C(F)F)cc1. The van der Waals surface area contributed by atoms with Crippen molar-refractivity contribution < 1.29 is 18.3 Å². The molecule has 84 valence electrons. The van der Waals surface area contributed by atoms with Crippen molar-refractivity contribution in [1.29, 1.82) is 0 Å². The topological polar surface area (TPSA) is 20.2 Å². The van der Waals surface area contributed by atoms with Crippen molar-refractivity contribution in [2.75, 3.05) is 6.26 Å². The first-order valence-electron chi connectivity index (χ1n) is 3.99. The van der Waals surface area contributed by atoms with Crippen LogP contribution in [0.5, 0.6) is 0 Å². The van der Waals surface area contributed by atoms with Crippen LogP contribution < -0.4 is 0 Å². The molecule has 0 saturated carbocycles. The highest BCUT2D eigenvalue weighted by molar-refractivity contribution is 8.76. The Morgan fingerprint density at radius 2 is 1.80 bits per heavy atom. The lowest BCUT2D eigenvalue weighted by atomic mass is 10.1. The first-order chi connectivity index (χ1) is 6.98. The van der Waals surface area contributed by atoms with Crippen molar-refractivity contribution in [3.63, 3.8) is 0 Å². The largest absolute Gasteiger partial charge is 0.354 e. The van der Waals surface area contributed by atoms with Crippen LogP contribution in [0.15, 0.2) is 29.2 Å². The fraction of sp³-hybridized carbons (Fsp3) is 0.333. The van der Waals surface area contributed by atoms with Gasteiger partial charge in [0.05, 0.1) is 0 Å². The number of rotatable bonds is 4. The summed E-state index contributed by atoms with van der Waals surface area (Å²) < 4.78 is 37.3. The van der Waals surface area contributed by atoms with E-state index in [1.54, 1.807) is 0 Å². The van der Waals surface area contributed by atoms with Crippen LogP contribution in [-0.4, -0.2) is 17.8 Å². The normalized spacial score (nSPS) is 15.3. The van der Waals surface area contributed by atoms with E-state index in [1.165, 1.54) is 33.7 Å². The maximum absolute atomic E-state index is 13.1. The molecule has 0 spiro atoms. The van der Waals surface area contributed by atoms with Crippen molar-refractivity contribution in [2.45, 2.75) is 17.2 Å². The summed E-state index contributed by atoms with van der Waals surface area (Å²) in [6.45, 7) is 0. The van der Waals surface area contributed by atoms with Crippen molar-refractivity contribution >= 4 is 21.6 Å². The Kier molecular flexibility index (Phi) is 4.36. The van der Waals surface area contributed by atoms with Crippen LogP contribution in [0, 0.1) is 0 Å². The Hall–Kier alpha value is -0.330. The summed E-state index contributed by atoms with van der Waals surface area (Å²) in [6, 6.07) is 5.29. The van der Waals surface area contributed by atoms with E-state index >= 15 is 0 Å². The summed E-state index contributed by atoms with van der Waals surface area (Å²) in [5, 5.41) is 8.86. The number of benzene rings is 1. The average molecular weight is 254 g/mol. The van der Waals surface area contributed by atoms with E-state index in [4.69, 9.17) is 5.11 Å². The van der Waals surface area contributed by atoms with Crippen LogP contribution in [-0.2, 0) is 5.85 Å². The van der Waals surface area contributed by atoms with Crippen LogP contribution in [0.1, 0.15) is 5.56 Å². The highest BCUT2D eigenvalue weighted by Crippen LogP contribution is 2.33. The van der Waals surface area contributed by atoms with Gasteiger partial charge in [-0.15, -0.1) is 0 Å². The molecule has 15 heavy (non-hydrogen) atoms. The second kappa shape index (κ2) is 5.14. The minimum atomic E-state index is -3.57. The molecule has 1 aromatic carbocycles. The van der Waals surface area contributed by atoms with Gasteiger partial charge in [-0.25, -0.2) is 13.2 Å². The van der Waals surface area contributed by atoms with E-state index in [2.05, 4.69) is 0 Å². The van der Waals surface area contributed by atoms with Gasteiger partial charge in [0, 0.05) is 10.5 Å². The molecular weight excluding hydrogens is 245 g/mol. The molecule has 0 bridgehead atoms. The zero-order chi connectivity index (χ0) is 11.5. The Bertz CT molecular complexity index is 314. The zero-order valence-electron chi connectivity index (χ0n) is 7.78. The van der Waals surface area contributed by atoms with E-state index in [-0.39, 0.29) is 0 Å². The molecule has 1 rings (SSSR count). The highest BCUT2D eigenvalue weighted by Gasteiger charge is 2.39. The van der Waals surface area contributed by atoms with Crippen LogP contribution in [0.4, 0.5) is 13.2 Å². The number of hydrogen-bond donors (Lipinski definition) is 1. The fourth-order valence-corrected chi connectivity index (χ4v) is 2.32. The van der Waals surface area contributed by atoms with Gasteiger partial charge >= 0.3 is 6.43 Å². The minimum Gasteiger partial charge on any atom is -0.354 e. The molecule has 0 aromatic heterocycles. The van der Waals surface area contributed by atoms with Gasteiger partial charge in [-0.05, 0) is 18.4 Å². The second-order valence-corrected chi connectivity index (χ2v) is 5.22. The van der Waals surface area contributed by atoms with Gasteiger partial charge in [0.2, 0.25) is 0 Å². The molecule has 1 nitrogen and oxygen atoms in total. The monoisotopic (exact) mass is 254 g/mol. The van der Waals surface area contributed by atoms with Crippen LogP contribution in [0.2, 0.25) is 0 Å². The van der Waals surface area contributed by atoms with Crippen LogP contribution in [0.25, 0.3) is 0 Å². The van der Waals surface area contributed by atoms with E-state index in [0.717, 1.165) is 17.0 Å². The lowest BCUT2D eigenvalue weighted by molar-refractivity contribution is -0.194. The van der Waals surface area contributed by atoms with Gasteiger partial charge in [-0.3, -0.25) is 0 Å². The molecule has 1 unspecified atom stereocenters. The predicted octanol–water partition coefficient (Wildman–Crippen LogP) is 3.44. The number of alkyl halides is 3. The maximum Gasteiger partial charge on any atom is 0.300 e. The molecule has 0 amide bonds. The molecule has 0 radical (unpaired) electrons. The second-order valence-electron chi connectivity index (χ2n) is 2.75. The summed E-state index contributed by atoms with van der Waals surface area (Å²) in [4.78, 5) is 0.816. The van der Waals surface area contributed by atoms with Crippen LogP contribution in [0.3, 0.4) is 0 Å². The number of aliphatic hydroxyl groups is 1. The molecule has 0 aliphatic heterocycles. The Balaban J connectivity index is 2.88. The third-order valence-corrected chi connectivity index (χ3v) is 3.44. The van der Waals surface area contributed by atoms with Gasteiger partial charge in [-0.1, -0.05) is 33.7 Å². The standard InChI is InChI=1S/C9H9F3OS2/c1-14-15-7-4-2-6(3-5-7)9(12,13)8(10)11/h2-5,8,13H,1H3. The Labute approximate surface area is 93.5 Å². The maximum atomic E-state index is 13.1. The van der Waals surface area contributed by atoms with Gasteiger partial charge < -0.3 is 5.11 Å². The van der Waals surface area contributed by atoms with Gasteiger partial charge in [0.1, 0.15) is 0 Å². The summed E-state index contributed by atoms with van der Waals surface area (Å²) >= 11 is 0.